The Hall–Kier alpha value is -2.31. The predicted molar refractivity (Wildman–Crippen MR) is 99.4 cm³/mol. The van der Waals surface area contributed by atoms with Crippen LogP contribution >= 0.6 is 0 Å². The summed E-state index contributed by atoms with van der Waals surface area (Å²) in [7, 11) is -7.03. The van der Waals surface area contributed by atoms with E-state index >= 15 is 0 Å². The molecule has 0 unspecified atom stereocenters. The average Bonchev–Trinajstić information content (AvgIpc) is 3.08. The van der Waals surface area contributed by atoms with Crippen molar-refractivity contribution < 1.29 is 26.0 Å². The lowest BCUT2D eigenvalue weighted by Gasteiger charge is -2.29. The number of carbonyl (C=O) groups is 1. The Labute approximate surface area is 162 Å². The lowest BCUT2D eigenvalue weighted by Crippen LogP contribution is -2.43. The zero-order valence-electron chi connectivity index (χ0n) is 15.1. The Morgan fingerprint density at radius 1 is 1.21 bits per heavy atom. The molecule has 1 aromatic carbocycles. The molecule has 2 aromatic rings. The van der Waals surface area contributed by atoms with Gasteiger partial charge in [0.05, 0.1) is 17.1 Å². The Morgan fingerprint density at radius 3 is 2.61 bits per heavy atom. The van der Waals surface area contributed by atoms with Crippen LogP contribution < -0.4 is 5.32 Å². The van der Waals surface area contributed by atoms with Gasteiger partial charge >= 0.3 is 6.01 Å². The van der Waals surface area contributed by atoms with E-state index in [4.69, 9.17) is 4.42 Å². The molecule has 1 aromatic heterocycles. The fourth-order valence-corrected chi connectivity index (χ4v) is 4.99. The van der Waals surface area contributed by atoms with Crippen LogP contribution in [0.3, 0.4) is 0 Å². The molecular weight excluding hydrogens is 408 g/mol. The van der Waals surface area contributed by atoms with Crippen molar-refractivity contribution in [1.29, 1.82) is 0 Å². The summed E-state index contributed by atoms with van der Waals surface area (Å²) in [5, 5.41) is 9.75. The van der Waals surface area contributed by atoms with Gasteiger partial charge < -0.3 is 4.42 Å². The number of benzene rings is 1. The molecule has 0 radical (unpaired) electrons. The number of carbonyl (C=O) groups excluding carboxylic acids is 1. The summed E-state index contributed by atoms with van der Waals surface area (Å²) in [5.41, 5.74) is 0. The SMILES string of the molecule is CS(=O)(=O)N1CCC[C@H](C(=O)Nc2nnc(CS(=O)(=O)c3ccccc3)o2)C1. The van der Waals surface area contributed by atoms with E-state index in [9.17, 15) is 21.6 Å². The molecule has 1 atom stereocenters. The van der Waals surface area contributed by atoms with E-state index in [2.05, 4.69) is 15.5 Å². The fraction of sp³-hybridized carbons (Fsp3) is 0.438. The first-order valence-corrected chi connectivity index (χ1v) is 12.0. The van der Waals surface area contributed by atoms with Crippen LogP contribution in [0.1, 0.15) is 18.7 Å². The standard InChI is InChI=1S/C16H20N4O6S2/c1-27(22,23)20-9-5-6-12(10-20)15(21)17-16-19-18-14(26-16)11-28(24,25)13-7-3-2-4-8-13/h2-4,7-8,12H,5-6,9-11H2,1H3,(H,17,19,21)/t12-/m0/s1. The van der Waals surface area contributed by atoms with Gasteiger partial charge in [0.25, 0.3) is 0 Å². The molecule has 1 saturated heterocycles. The Balaban J connectivity index is 1.64. The number of aromatic nitrogens is 2. The van der Waals surface area contributed by atoms with Gasteiger partial charge in [-0.15, -0.1) is 5.10 Å². The zero-order valence-corrected chi connectivity index (χ0v) is 16.7. The number of amides is 1. The topological polar surface area (TPSA) is 140 Å². The van der Waals surface area contributed by atoms with Gasteiger partial charge in [-0.25, -0.2) is 21.1 Å². The van der Waals surface area contributed by atoms with Crippen molar-refractivity contribution in [2.45, 2.75) is 23.5 Å². The van der Waals surface area contributed by atoms with E-state index in [1.165, 1.54) is 16.4 Å². The normalized spacial score (nSPS) is 18.7. The predicted octanol–water partition coefficient (Wildman–Crippen LogP) is 0.654. The number of anilines is 1. The van der Waals surface area contributed by atoms with Crippen molar-refractivity contribution >= 4 is 31.8 Å². The van der Waals surface area contributed by atoms with Gasteiger partial charge in [0.1, 0.15) is 5.75 Å². The van der Waals surface area contributed by atoms with Crippen LogP contribution in [0.2, 0.25) is 0 Å². The molecule has 1 aliphatic rings. The zero-order chi connectivity index (χ0) is 20.4. The molecule has 1 amide bonds. The molecule has 1 fully saturated rings. The van der Waals surface area contributed by atoms with Crippen molar-refractivity contribution in [3.63, 3.8) is 0 Å². The third kappa shape index (κ3) is 4.94. The van der Waals surface area contributed by atoms with Crippen molar-refractivity contribution in [2.75, 3.05) is 24.7 Å². The largest absolute Gasteiger partial charge is 0.407 e. The van der Waals surface area contributed by atoms with Crippen LogP contribution in [0.15, 0.2) is 39.6 Å². The maximum Gasteiger partial charge on any atom is 0.322 e. The Bertz CT molecular complexity index is 1050. The van der Waals surface area contributed by atoms with Gasteiger partial charge in [0, 0.05) is 13.1 Å². The summed E-state index contributed by atoms with van der Waals surface area (Å²) in [4.78, 5) is 12.5. The average molecular weight is 428 g/mol. The van der Waals surface area contributed by atoms with Gasteiger partial charge in [-0.1, -0.05) is 23.3 Å². The van der Waals surface area contributed by atoms with Crippen LogP contribution in [0.5, 0.6) is 0 Å². The maximum absolute atomic E-state index is 12.4. The van der Waals surface area contributed by atoms with Crippen LogP contribution in [0.4, 0.5) is 6.01 Å². The number of hydrogen-bond donors (Lipinski definition) is 1. The fourth-order valence-electron chi connectivity index (χ4n) is 2.90. The summed E-state index contributed by atoms with van der Waals surface area (Å²) >= 11 is 0. The second-order valence-electron chi connectivity index (χ2n) is 6.52. The summed E-state index contributed by atoms with van der Waals surface area (Å²) < 4.78 is 54.5. The number of piperidine rings is 1. The molecule has 152 valence electrons. The van der Waals surface area contributed by atoms with Crippen LogP contribution in [0, 0.1) is 5.92 Å². The van der Waals surface area contributed by atoms with Gasteiger partial charge in [-0.3, -0.25) is 10.1 Å². The highest BCUT2D eigenvalue weighted by Gasteiger charge is 2.31. The highest BCUT2D eigenvalue weighted by atomic mass is 32.2. The maximum atomic E-state index is 12.4. The number of rotatable bonds is 6. The number of hydrogen-bond acceptors (Lipinski definition) is 8. The first-order chi connectivity index (χ1) is 13.1. The van der Waals surface area contributed by atoms with Crippen molar-refractivity contribution in [2.24, 2.45) is 5.92 Å². The van der Waals surface area contributed by atoms with E-state index in [0.717, 1.165) is 6.26 Å². The first-order valence-electron chi connectivity index (χ1n) is 8.51. The van der Waals surface area contributed by atoms with E-state index < -0.39 is 37.4 Å². The minimum Gasteiger partial charge on any atom is -0.407 e. The van der Waals surface area contributed by atoms with Crippen LogP contribution in [-0.4, -0.2) is 56.6 Å². The van der Waals surface area contributed by atoms with Gasteiger partial charge in [-0.05, 0) is 25.0 Å². The lowest BCUT2D eigenvalue weighted by atomic mass is 9.99. The third-order valence-electron chi connectivity index (χ3n) is 4.34. The quantitative estimate of drug-likeness (QED) is 0.707. The Kier molecular flexibility index (Phi) is 5.82. The molecule has 2 heterocycles. The second-order valence-corrected chi connectivity index (χ2v) is 10.5. The van der Waals surface area contributed by atoms with E-state index in [1.54, 1.807) is 18.2 Å². The van der Waals surface area contributed by atoms with Crippen molar-refractivity contribution in [3.05, 3.63) is 36.2 Å². The van der Waals surface area contributed by atoms with Crippen LogP contribution in [0.25, 0.3) is 0 Å². The monoisotopic (exact) mass is 428 g/mol. The molecule has 12 heteroatoms. The first kappa shape index (κ1) is 20.4. The highest BCUT2D eigenvalue weighted by molar-refractivity contribution is 7.90. The summed E-state index contributed by atoms with van der Waals surface area (Å²) in [6, 6.07) is 7.62. The molecule has 1 N–H and O–H groups in total. The van der Waals surface area contributed by atoms with Crippen molar-refractivity contribution in [1.82, 2.24) is 14.5 Å². The summed E-state index contributed by atoms with van der Waals surface area (Å²) in [6.07, 6.45) is 2.20. The minimum absolute atomic E-state index is 0.0774. The molecule has 0 spiro atoms. The lowest BCUT2D eigenvalue weighted by molar-refractivity contribution is -0.121. The molecule has 3 rings (SSSR count). The molecule has 0 aliphatic carbocycles. The summed E-state index contributed by atoms with van der Waals surface area (Å²) in [6.45, 7) is 0.457. The number of sulfone groups is 1. The third-order valence-corrected chi connectivity index (χ3v) is 7.22. The second kappa shape index (κ2) is 7.97. The minimum atomic E-state index is -3.65. The van der Waals surface area contributed by atoms with Gasteiger partial charge in [-0.2, -0.15) is 0 Å². The highest BCUT2D eigenvalue weighted by Crippen LogP contribution is 2.21. The molecule has 28 heavy (non-hydrogen) atoms. The molecular formula is C16H20N4O6S2. The molecule has 1 aliphatic heterocycles. The van der Waals surface area contributed by atoms with E-state index in [0.29, 0.717) is 19.4 Å². The molecule has 0 saturated carbocycles. The number of sulfonamides is 1. The van der Waals surface area contributed by atoms with E-state index in [-0.39, 0.29) is 23.3 Å². The smallest absolute Gasteiger partial charge is 0.322 e. The van der Waals surface area contributed by atoms with Gasteiger partial charge in [0.2, 0.25) is 21.8 Å². The van der Waals surface area contributed by atoms with E-state index in [1.807, 2.05) is 0 Å². The number of nitrogens with one attached hydrogen (secondary N) is 1. The Morgan fingerprint density at radius 2 is 1.93 bits per heavy atom. The summed E-state index contributed by atoms with van der Waals surface area (Å²) in [5.74, 6) is -1.65. The number of nitrogens with zero attached hydrogens (tertiary/aromatic N) is 3. The molecule has 10 nitrogen and oxygen atoms in total. The van der Waals surface area contributed by atoms with Crippen LogP contribution in [-0.2, 0) is 30.4 Å². The van der Waals surface area contributed by atoms with Crippen molar-refractivity contribution in [3.8, 4) is 0 Å². The molecule has 0 bridgehead atoms. The van der Waals surface area contributed by atoms with Gasteiger partial charge in [0.15, 0.2) is 9.84 Å².